The van der Waals surface area contributed by atoms with Gasteiger partial charge in [0.05, 0.1) is 11.1 Å². The summed E-state index contributed by atoms with van der Waals surface area (Å²) in [7, 11) is 0. The quantitative estimate of drug-likeness (QED) is 0.601. The number of fused-ring (bicyclic) bond motifs is 1. The number of anilines is 2. The van der Waals surface area contributed by atoms with Crippen molar-refractivity contribution in [2.24, 2.45) is 0 Å². The Balaban J connectivity index is 1.88. The molecule has 6 heteroatoms. The molecule has 2 aromatic carbocycles. The van der Waals surface area contributed by atoms with Gasteiger partial charge in [-0.05, 0) is 43.2 Å². The average molecular weight is 376 g/mol. The van der Waals surface area contributed by atoms with Gasteiger partial charge in [-0.2, -0.15) is 0 Å². The fourth-order valence-electron chi connectivity index (χ4n) is 2.89. The molecule has 0 aliphatic heterocycles. The predicted molar refractivity (Wildman–Crippen MR) is 113 cm³/mol. The number of nitrogens with one attached hydrogen (secondary N) is 3. The summed E-state index contributed by atoms with van der Waals surface area (Å²) in [5.74, 6) is -0.00331. The van der Waals surface area contributed by atoms with Crippen molar-refractivity contribution in [1.82, 2.24) is 10.3 Å². The number of para-hydroxylation sites is 1. The molecule has 144 valence electrons. The third-order valence-corrected chi connectivity index (χ3v) is 4.29. The van der Waals surface area contributed by atoms with Crippen LogP contribution in [0.5, 0.6) is 0 Å². The summed E-state index contributed by atoms with van der Waals surface area (Å²) in [6, 6.07) is 16.2. The van der Waals surface area contributed by atoms with Gasteiger partial charge >= 0.3 is 6.03 Å². The molecule has 1 heterocycles. The first kappa shape index (κ1) is 19.4. The molecule has 0 radical (unpaired) electrons. The van der Waals surface area contributed by atoms with Gasteiger partial charge in [0, 0.05) is 29.0 Å². The lowest BCUT2D eigenvalue weighted by atomic mass is 10.0. The molecule has 1 aromatic heterocycles. The molecule has 0 atom stereocenters. The summed E-state index contributed by atoms with van der Waals surface area (Å²) in [4.78, 5) is 29.4. The topological polar surface area (TPSA) is 83.1 Å². The van der Waals surface area contributed by atoms with Crippen LogP contribution in [0.25, 0.3) is 10.9 Å². The Labute approximate surface area is 164 Å². The maximum atomic E-state index is 13.0. The van der Waals surface area contributed by atoms with Crippen molar-refractivity contribution < 1.29 is 9.59 Å². The largest absolute Gasteiger partial charge is 0.338 e. The zero-order valence-corrected chi connectivity index (χ0v) is 16.2. The molecule has 6 nitrogen and oxygen atoms in total. The van der Waals surface area contributed by atoms with Crippen molar-refractivity contribution in [2.75, 3.05) is 17.2 Å². The second-order valence-corrected chi connectivity index (χ2v) is 6.79. The first-order valence-corrected chi connectivity index (χ1v) is 9.34. The molecule has 0 unspecified atom stereocenters. The van der Waals surface area contributed by atoms with E-state index in [-0.39, 0.29) is 17.9 Å². The second-order valence-electron chi connectivity index (χ2n) is 6.79. The van der Waals surface area contributed by atoms with Gasteiger partial charge < -0.3 is 16.0 Å². The maximum absolute atomic E-state index is 13.0. The van der Waals surface area contributed by atoms with Crippen LogP contribution in [-0.4, -0.2) is 23.5 Å². The Morgan fingerprint density at radius 1 is 0.964 bits per heavy atom. The molecular weight excluding hydrogens is 352 g/mol. The summed E-state index contributed by atoms with van der Waals surface area (Å²) in [6.07, 6.45) is 0. The molecule has 0 aliphatic rings. The van der Waals surface area contributed by atoms with Crippen molar-refractivity contribution in [2.45, 2.75) is 26.7 Å². The van der Waals surface area contributed by atoms with Gasteiger partial charge in [0.1, 0.15) is 0 Å². The smallest absolute Gasteiger partial charge is 0.319 e. The van der Waals surface area contributed by atoms with Crippen LogP contribution in [-0.2, 0) is 0 Å². The van der Waals surface area contributed by atoms with E-state index >= 15 is 0 Å². The Kier molecular flexibility index (Phi) is 5.89. The zero-order valence-electron chi connectivity index (χ0n) is 16.2. The number of aromatic nitrogens is 1. The molecule has 0 aliphatic carbocycles. The lowest BCUT2D eigenvalue weighted by Gasteiger charge is -2.13. The van der Waals surface area contributed by atoms with Gasteiger partial charge in [0.25, 0.3) is 5.91 Å². The molecule has 3 rings (SSSR count). The maximum Gasteiger partial charge on any atom is 0.319 e. The fraction of sp³-hybridized carbons (Fsp3) is 0.227. The van der Waals surface area contributed by atoms with Crippen molar-refractivity contribution in [1.29, 1.82) is 0 Å². The number of urea groups is 1. The van der Waals surface area contributed by atoms with E-state index in [0.29, 0.717) is 23.5 Å². The van der Waals surface area contributed by atoms with Crippen LogP contribution in [0, 0.1) is 0 Å². The Bertz CT molecular complexity index is 1010. The number of nitrogens with zero attached hydrogens (tertiary/aromatic N) is 1. The third-order valence-electron chi connectivity index (χ3n) is 4.29. The standard InChI is InChI=1S/C22H24N4O2/c1-4-23-22(28)25-16-9-7-8-15(12-16)24-21(27)18-13-20(14(2)3)26-19-11-6-5-10-17(18)19/h5-14H,4H2,1-3H3,(H,24,27)(H2,23,25,28). The van der Waals surface area contributed by atoms with Gasteiger partial charge in [-0.25, -0.2) is 4.79 Å². The summed E-state index contributed by atoms with van der Waals surface area (Å²) < 4.78 is 0. The average Bonchev–Trinajstić information content (AvgIpc) is 2.67. The summed E-state index contributed by atoms with van der Waals surface area (Å²) >= 11 is 0. The van der Waals surface area contributed by atoms with Gasteiger partial charge in [-0.15, -0.1) is 0 Å². The highest BCUT2D eigenvalue weighted by molar-refractivity contribution is 6.12. The van der Waals surface area contributed by atoms with Crippen LogP contribution in [0.1, 0.15) is 42.7 Å². The van der Waals surface area contributed by atoms with E-state index in [2.05, 4.69) is 34.8 Å². The number of benzene rings is 2. The fourth-order valence-corrected chi connectivity index (χ4v) is 2.89. The van der Waals surface area contributed by atoms with E-state index in [1.807, 2.05) is 37.3 Å². The highest BCUT2D eigenvalue weighted by Gasteiger charge is 2.15. The van der Waals surface area contributed by atoms with Crippen molar-refractivity contribution in [3.8, 4) is 0 Å². The van der Waals surface area contributed by atoms with Gasteiger partial charge in [0.15, 0.2) is 0 Å². The molecule has 3 aromatic rings. The number of hydrogen-bond acceptors (Lipinski definition) is 3. The Morgan fingerprint density at radius 3 is 2.39 bits per heavy atom. The molecule has 3 amide bonds. The number of carbonyl (C=O) groups is 2. The van der Waals surface area contributed by atoms with Crippen LogP contribution in [0.4, 0.5) is 16.2 Å². The Morgan fingerprint density at radius 2 is 1.68 bits per heavy atom. The van der Waals surface area contributed by atoms with Crippen molar-refractivity contribution in [3.63, 3.8) is 0 Å². The minimum absolute atomic E-state index is 0.209. The number of amides is 3. The highest BCUT2D eigenvalue weighted by Crippen LogP contribution is 2.24. The van der Waals surface area contributed by atoms with Crippen LogP contribution >= 0.6 is 0 Å². The molecule has 0 spiro atoms. The second kappa shape index (κ2) is 8.52. The lowest BCUT2D eigenvalue weighted by molar-refractivity contribution is 0.102. The van der Waals surface area contributed by atoms with Gasteiger partial charge in [-0.3, -0.25) is 9.78 Å². The SMILES string of the molecule is CCNC(=O)Nc1cccc(NC(=O)c2cc(C(C)C)nc3ccccc23)c1. The first-order chi connectivity index (χ1) is 13.5. The summed E-state index contributed by atoms with van der Waals surface area (Å²) in [6.45, 7) is 6.49. The molecule has 0 bridgehead atoms. The van der Waals surface area contributed by atoms with E-state index < -0.39 is 0 Å². The van der Waals surface area contributed by atoms with Gasteiger partial charge in [-0.1, -0.05) is 38.1 Å². The first-order valence-electron chi connectivity index (χ1n) is 9.34. The third kappa shape index (κ3) is 4.46. The highest BCUT2D eigenvalue weighted by atomic mass is 16.2. The van der Waals surface area contributed by atoms with Crippen LogP contribution in [0.15, 0.2) is 54.6 Å². The van der Waals surface area contributed by atoms with E-state index in [1.54, 1.807) is 24.3 Å². The molecule has 0 saturated carbocycles. The summed E-state index contributed by atoms with van der Waals surface area (Å²) in [5.41, 5.74) is 3.45. The van der Waals surface area contributed by atoms with E-state index in [9.17, 15) is 9.59 Å². The lowest BCUT2D eigenvalue weighted by Crippen LogP contribution is -2.28. The molecule has 3 N–H and O–H groups in total. The van der Waals surface area contributed by atoms with Crippen LogP contribution < -0.4 is 16.0 Å². The van der Waals surface area contributed by atoms with E-state index in [4.69, 9.17) is 0 Å². The number of hydrogen-bond donors (Lipinski definition) is 3. The number of carbonyl (C=O) groups excluding carboxylic acids is 2. The molecule has 0 fully saturated rings. The number of rotatable bonds is 5. The normalized spacial score (nSPS) is 10.7. The van der Waals surface area contributed by atoms with E-state index in [1.165, 1.54) is 0 Å². The molecule has 0 saturated heterocycles. The molecule has 28 heavy (non-hydrogen) atoms. The Hall–Kier alpha value is -3.41. The van der Waals surface area contributed by atoms with Crippen molar-refractivity contribution in [3.05, 3.63) is 65.9 Å². The van der Waals surface area contributed by atoms with Crippen molar-refractivity contribution >= 4 is 34.2 Å². The minimum atomic E-state index is -0.285. The monoisotopic (exact) mass is 376 g/mol. The van der Waals surface area contributed by atoms with Crippen LogP contribution in [0.3, 0.4) is 0 Å². The zero-order chi connectivity index (χ0) is 20.1. The van der Waals surface area contributed by atoms with Crippen LogP contribution in [0.2, 0.25) is 0 Å². The summed E-state index contributed by atoms with van der Waals surface area (Å²) in [5, 5.41) is 9.14. The number of pyridine rings is 1. The predicted octanol–water partition coefficient (Wildman–Crippen LogP) is 4.75. The van der Waals surface area contributed by atoms with Gasteiger partial charge in [0.2, 0.25) is 0 Å². The minimum Gasteiger partial charge on any atom is -0.338 e. The molecular formula is C22H24N4O2. The van der Waals surface area contributed by atoms with E-state index in [0.717, 1.165) is 16.6 Å².